The maximum Gasteiger partial charge on any atom is 0.233 e. The normalized spacial score (nSPS) is 16.5. The Kier molecular flexibility index (Phi) is 9.42. The number of pyridine rings is 1. The van der Waals surface area contributed by atoms with E-state index in [0.717, 1.165) is 57.2 Å². The third kappa shape index (κ3) is 6.50. The van der Waals surface area contributed by atoms with Crippen molar-refractivity contribution in [2.45, 2.75) is 45.9 Å². The molecule has 7 rings (SSSR count). The lowest BCUT2D eigenvalue weighted by molar-refractivity contribution is 0.0702. The second kappa shape index (κ2) is 13.9. The smallest absolute Gasteiger partial charge is 0.233 e. The first-order chi connectivity index (χ1) is 24.1. The molecule has 12 heteroatoms. The number of nitrogens with zero attached hydrogens (tertiary/aromatic N) is 5. The van der Waals surface area contributed by atoms with Gasteiger partial charge in [-0.05, 0) is 62.5 Å². The highest BCUT2D eigenvalue weighted by atomic mass is 32.1. The SMILES string of the molecule is CN=Cc1cc(-c2nc3c(c4sccc24)-c2c(F)cc(F)cc2C3)c(OC/C(C)=C/COC[C@H](C)Oc2cc3n(n2)CCN(C)C3C)cc1N. The number of halogens is 2. The molecule has 1 aliphatic heterocycles. The third-order valence-electron chi connectivity index (χ3n) is 9.36. The Bertz CT molecular complexity index is 2140. The molecule has 2 atom stereocenters. The Hall–Kier alpha value is -4.65. The number of ether oxygens (including phenoxy) is 3. The molecule has 1 aliphatic carbocycles. The number of aliphatic imine (C=N–C) groups is 1. The van der Waals surface area contributed by atoms with Gasteiger partial charge in [-0.3, -0.25) is 19.6 Å². The Balaban J connectivity index is 1.06. The Morgan fingerprint density at radius 3 is 2.84 bits per heavy atom. The summed E-state index contributed by atoms with van der Waals surface area (Å²) in [5.74, 6) is 0.00500. The maximum atomic E-state index is 15.1. The van der Waals surface area contributed by atoms with Crippen LogP contribution in [0.15, 0.2) is 58.4 Å². The number of rotatable bonds is 11. The standard InChI is InChI=1S/C38H40F2N6O3S/c1-21(6-10-47-20-22(2)49-34-17-32-23(3)45(5)8-9-46(32)44-34)19-48-33-16-30(41)25(18-42-4)13-28(33)37-27-7-11-50-38(27)36-31(43-37)14-24-12-26(39)15-29(40)35(24)36/h6-7,11-13,15-18,22-23H,8-10,14,19-20,41H2,1-5H3/b21-6+,42-18?/t22-,23?/m0/s1. The van der Waals surface area contributed by atoms with E-state index in [4.69, 9.17) is 24.9 Å². The van der Waals surface area contributed by atoms with Gasteiger partial charge < -0.3 is 19.9 Å². The Labute approximate surface area is 294 Å². The molecule has 0 amide bonds. The van der Waals surface area contributed by atoms with E-state index in [0.29, 0.717) is 72.1 Å². The Morgan fingerprint density at radius 1 is 1.18 bits per heavy atom. The molecule has 2 aromatic carbocycles. The van der Waals surface area contributed by atoms with Crippen LogP contribution < -0.4 is 15.2 Å². The zero-order chi connectivity index (χ0) is 35.1. The summed E-state index contributed by atoms with van der Waals surface area (Å²) in [5.41, 5.74) is 13.7. The number of benzene rings is 2. The van der Waals surface area contributed by atoms with E-state index in [1.807, 2.05) is 48.2 Å². The zero-order valence-electron chi connectivity index (χ0n) is 28.8. The third-order valence-corrected chi connectivity index (χ3v) is 10.3. The summed E-state index contributed by atoms with van der Waals surface area (Å²) in [6.45, 7) is 9.03. The number of hydrogen-bond acceptors (Lipinski definition) is 9. The van der Waals surface area contributed by atoms with Crippen LogP contribution in [-0.2, 0) is 17.7 Å². The zero-order valence-corrected chi connectivity index (χ0v) is 29.6. The van der Waals surface area contributed by atoms with E-state index in [1.165, 1.54) is 17.4 Å². The van der Waals surface area contributed by atoms with Gasteiger partial charge in [-0.1, -0.05) is 6.08 Å². The van der Waals surface area contributed by atoms with Gasteiger partial charge in [-0.2, -0.15) is 0 Å². The summed E-state index contributed by atoms with van der Waals surface area (Å²) in [7, 11) is 3.80. The molecule has 5 aromatic rings. The molecule has 0 saturated carbocycles. The van der Waals surface area contributed by atoms with Crippen molar-refractivity contribution in [2.75, 3.05) is 46.2 Å². The van der Waals surface area contributed by atoms with Gasteiger partial charge in [-0.25, -0.2) is 8.78 Å². The quantitative estimate of drug-likeness (QED) is 0.0649. The lowest BCUT2D eigenvalue weighted by Crippen LogP contribution is -2.33. The van der Waals surface area contributed by atoms with Crippen LogP contribution in [0.2, 0.25) is 0 Å². The Morgan fingerprint density at radius 2 is 2.02 bits per heavy atom. The van der Waals surface area contributed by atoms with E-state index >= 15 is 4.39 Å². The van der Waals surface area contributed by atoms with Gasteiger partial charge in [0.15, 0.2) is 0 Å². The van der Waals surface area contributed by atoms with Crippen LogP contribution in [0.5, 0.6) is 11.6 Å². The highest BCUT2D eigenvalue weighted by Crippen LogP contribution is 2.48. The summed E-state index contributed by atoms with van der Waals surface area (Å²) in [5, 5.41) is 7.43. The number of nitrogens with two attached hydrogens (primary N) is 1. The number of nitrogen functional groups attached to an aromatic ring is 1. The van der Waals surface area contributed by atoms with Gasteiger partial charge >= 0.3 is 0 Å². The summed E-state index contributed by atoms with van der Waals surface area (Å²) in [6, 6.07) is 10.3. The molecule has 2 aliphatic rings. The molecule has 260 valence electrons. The van der Waals surface area contributed by atoms with Crippen LogP contribution in [0.1, 0.15) is 49.3 Å². The van der Waals surface area contributed by atoms with Gasteiger partial charge in [0.05, 0.1) is 36.8 Å². The minimum absolute atomic E-state index is 0.169. The number of fused-ring (bicyclic) bond motifs is 6. The minimum atomic E-state index is -0.596. The molecular weight excluding hydrogens is 659 g/mol. The molecule has 0 saturated heterocycles. The van der Waals surface area contributed by atoms with Crippen LogP contribution in [0.3, 0.4) is 0 Å². The number of thiophene rings is 1. The van der Waals surface area contributed by atoms with E-state index in [9.17, 15) is 4.39 Å². The topological polar surface area (TPSA) is 100 Å². The van der Waals surface area contributed by atoms with Crippen molar-refractivity contribution in [1.82, 2.24) is 19.7 Å². The molecule has 0 bridgehead atoms. The van der Waals surface area contributed by atoms with Crippen LogP contribution in [0.25, 0.3) is 32.5 Å². The van der Waals surface area contributed by atoms with Crippen molar-refractivity contribution in [1.29, 1.82) is 0 Å². The minimum Gasteiger partial charge on any atom is -0.488 e. The van der Waals surface area contributed by atoms with E-state index < -0.39 is 11.6 Å². The molecule has 2 N–H and O–H groups in total. The molecule has 1 unspecified atom stereocenters. The van der Waals surface area contributed by atoms with Crippen molar-refractivity contribution >= 4 is 33.3 Å². The van der Waals surface area contributed by atoms with Crippen molar-refractivity contribution in [3.63, 3.8) is 0 Å². The fourth-order valence-corrected chi connectivity index (χ4v) is 7.60. The first kappa shape index (κ1) is 33.8. The van der Waals surface area contributed by atoms with Gasteiger partial charge in [-0.15, -0.1) is 16.4 Å². The van der Waals surface area contributed by atoms with E-state index in [-0.39, 0.29) is 6.10 Å². The second-order valence-corrected chi connectivity index (χ2v) is 13.9. The maximum absolute atomic E-state index is 15.1. The summed E-state index contributed by atoms with van der Waals surface area (Å²) < 4.78 is 50.5. The average molecular weight is 699 g/mol. The number of anilines is 1. The van der Waals surface area contributed by atoms with E-state index in [1.54, 1.807) is 19.3 Å². The number of aromatic nitrogens is 3. The molecule has 4 heterocycles. The number of hydrogen-bond donors (Lipinski definition) is 1. The fraction of sp³-hybridized carbons (Fsp3) is 0.342. The first-order valence-electron chi connectivity index (χ1n) is 16.7. The van der Waals surface area contributed by atoms with Crippen molar-refractivity contribution in [3.05, 3.63) is 87.6 Å². The molecule has 0 spiro atoms. The first-order valence-corrected chi connectivity index (χ1v) is 17.5. The van der Waals surface area contributed by atoms with Crippen LogP contribution in [0.4, 0.5) is 14.5 Å². The lowest BCUT2D eigenvalue weighted by atomic mass is 9.99. The van der Waals surface area contributed by atoms with Crippen LogP contribution >= 0.6 is 11.3 Å². The highest BCUT2D eigenvalue weighted by Gasteiger charge is 2.30. The van der Waals surface area contributed by atoms with Crippen molar-refractivity contribution in [3.8, 4) is 34.0 Å². The monoisotopic (exact) mass is 698 g/mol. The lowest BCUT2D eigenvalue weighted by Gasteiger charge is -2.30. The number of likely N-dealkylation sites (N-methyl/N-ethyl adjacent to an activating group) is 1. The predicted molar refractivity (Wildman–Crippen MR) is 195 cm³/mol. The predicted octanol–water partition coefficient (Wildman–Crippen LogP) is 7.46. The second-order valence-electron chi connectivity index (χ2n) is 13.0. The van der Waals surface area contributed by atoms with Gasteiger partial charge in [0, 0.05) is 88.5 Å². The highest BCUT2D eigenvalue weighted by molar-refractivity contribution is 7.17. The van der Waals surface area contributed by atoms with Crippen LogP contribution in [0, 0.1) is 11.6 Å². The largest absolute Gasteiger partial charge is 0.488 e. The van der Waals surface area contributed by atoms with Gasteiger partial charge in [0.2, 0.25) is 5.88 Å². The van der Waals surface area contributed by atoms with Crippen molar-refractivity contribution in [2.24, 2.45) is 4.99 Å². The average Bonchev–Trinajstić information content (AvgIpc) is 3.81. The molecule has 3 aromatic heterocycles. The fourth-order valence-electron chi connectivity index (χ4n) is 6.63. The summed E-state index contributed by atoms with van der Waals surface area (Å²) in [6.07, 6.45) is 3.84. The molecule has 0 radical (unpaired) electrons. The van der Waals surface area contributed by atoms with Crippen LogP contribution in [-0.4, -0.2) is 72.4 Å². The van der Waals surface area contributed by atoms with E-state index in [2.05, 4.69) is 29.0 Å². The van der Waals surface area contributed by atoms with Crippen molar-refractivity contribution < 1.29 is 23.0 Å². The molecule has 0 fully saturated rings. The molecule has 9 nitrogen and oxygen atoms in total. The molecular formula is C38H40F2N6O3S. The molecule has 50 heavy (non-hydrogen) atoms. The van der Waals surface area contributed by atoms with Gasteiger partial charge in [0.25, 0.3) is 0 Å². The van der Waals surface area contributed by atoms with Gasteiger partial charge in [0.1, 0.15) is 30.1 Å². The summed E-state index contributed by atoms with van der Waals surface area (Å²) >= 11 is 1.51. The summed E-state index contributed by atoms with van der Waals surface area (Å²) in [4.78, 5) is 11.5.